The molecular weight excluding hydrogens is 611 g/mol. The van der Waals surface area contributed by atoms with Gasteiger partial charge in [-0.15, -0.1) is 11.8 Å². The second-order valence-corrected chi connectivity index (χ2v) is 13.9. The van der Waals surface area contributed by atoms with Crippen molar-refractivity contribution < 1.29 is 36.3 Å². The molecule has 0 fully saturated rings. The average molecular weight is 650 g/mol. The smallest absolute Gasteiger partial charge is 0.416 e. The topological polar surface area (TPSA) is 101 Å². The van der Waals surface area contributed by atoms with Gasteiger partial charge in [-0.1, -0.05) is 80.3 Å². The van der Waals surface area contributed by atoms with Crippen LogP contribution in [0.5, 0.6) is 0 Å². The lowest BCUT2D eigenvalue weighted by Gasteiger charge is -2.23. The molecule has 0 saturated heterocycles. The number of aliphatic carboxylic acids is 1. The number of sulfonamides is 1. The maximum absolute atomic E-state index is 13.7. The highest BCUT2D eigenvalue weighted by Crippen LogP contribution is 2.40. The third-order valence-corrected chi connectivity index (χ3v) is 9.94. The van der Waals surface area contributed by atoms with Crippen LogP contribution in [0, 0.1) is 0 Å². The standard InChI is InChI=1S/C33H38F3NO5S2/c1-24(32(40)37-44(41,42)28-18-12-7-13-19-28)43-30(23-31(38)39)29-22-27(33(34,35)36)21-20-26(29)17-11-5-3-2-4-8-14-25-15-9-6-10-16-25/h6-7,9-10,12-13,15-16,18-22,24,30H,2-5,8,11,14,17,23H2,1H3,(H,37,40)(H,38,39). The van der Waals surface area contributed by atoms with Gasteiger partial charge < -0.3 is 5.11 Å². The zero-order valence-corrected chi connectivity index (χ0v) is 26.2. The van der Waals surface area contributed by atoms with Crippen molar-refractivity contribution in [1.82, 2.24) is 4.72 Å². The second kappa shape index (κ2) is 16.7. The van der Waals surface area contributed by atoms with Crippen LogP contribution in [0.25, 0.3) is 0 Å². The summed E-state index contributed by atoms with van der Waals surface area (Å²) in [5.74, 6) is -2.14. The van der Waals surface area contributed by atoms with E-state index in [0.717, 1.165) is 62.4 Å². The van der Waals surface area contributed by atoms with Crippen molar-refractivity contribution >= 4 is 33.7 Å². The normalized spacial score (nSPS) is 13.3. The maximum Gasteiger partial charge on any atom is 0.416 e. The van der Waals surface area contributed by atoms with E-state index in [-0.39, 0.29) is 10.5 Å². The summed E-state index contributed by atoms with van der Waals surface area (Å²) in [6.45, 7) is 1.40. The molecular formula is C33H38F3NO5S2. The fraction of sp³-hybridized carbons (Fsp3) is 0.394. The van der Waals surface area contributed by atoms with Gasteiger partial charge >= 0.3 is 12.1 Å². The summed E-state index contributed by atoms with van der Waals surface area (Å²) in [7, 11) is -4.18. The number of halogens is 3. The molecule has 238 valence electrons. The Morgan fingerprint density at radius 2 is 1.41 bits per heavy atom. The number of hydrogen-bond donors (Lipinski definition) is 2. The van der Waals surface area contributed by atoms with Crippen molar-refractivity contribution in [2.45, 2.75) is 86.3 Å². The number of hydrogen-bond acceptors (Lipinski definition) is 5. The Morgan fingerprint density at radius 1 is 0.841 bits per heavy atom. The Balaban J connectivity index is 1.67. The molecule has 2 atom stereocenters. The number of carbonyl (C=O) groups excluding carboxylic acids is 1. The van der Waals surface area contributed by atoms with E-state index in [4.69, 9.17) is 0 Å². The minimum absolute atomic E-state index is 0.121. The number of benzene rings is 3. The van der Waals surface area contributed by atoms with Gasteiger partial charge in [-0.25, -0.2) is 13.1 Å². The molecule has 6 nitrogen and oxygen atoms in total. The SMILES string of the molecule is CC(SC(CC(=O)O)c1cc(C(F)(F)F)ccc1CCCCCCCCc1ccccc1)C(=O)NS(=O)(=O)c1ccccc1. The molecule has 2 unspecified atom stereocenters. The molecule has 2 N–H and O–H groups in total. The summed E-state index contributed by atoms with van der Waals surface area (Å²) < 4.78 is 68.3. The third-order valence-electron chi connectivity index (χ3n) is 7.21. The number of rotatable bonds is 17. The quantitative estimate of drug-likeness (QED) is 0.144. The number of unbranched alkanes of at least 4 members (excludes halogenated alkanes) is 5. The van der Waals surface area contributed by atoms with Crippen LogP contribution in [0.1, 0.15) is 79.4 Å². The molecule has 0 aliphatic rings. The molecule has 3 aromatic rings. The summed E-state index contributed by atoms with van der Waals surface area (Å²) in [5, 5.41) is 7.53. The van der Waals surface area contributed by atoms with E-state index >= 15 is 0 Å². The van der Waals surface area contributed by atoms with E-state index in [2.05, 4.69) is 12.1 Å². The molecule has 0 heterocycles. The van der Waals surface area contributed by atoms with Crippen molar-refractivity contribution in [2.75, 3.05) is 0 Å². The first-order chi connectivity index (χ1) is 20.9. The van der Waals surface area contributed by atoms with Crippen LogP contribution in [0.15, 0.2) is 83.8 Å². The lowest BCUT2D eigenvalue weighted by atomic mass is 9.95. The van der Waals surface area contributed by atoms with E-state index in [1.54, 1.807) is 6.07 Å². The Hall–Kier alpha value is -3.31. The summed E-state index contributed by atoms with van der Waals surface area (Å²) in [4.78, 5) is 24.5. The minimum Gasteiger partial charge on any atom is -0.481 e. The molecule has 3 rings (SSSR count). The summed E-state index contributed by atoms with van der Waals surface area (Å²) in [5.41, 5.74) is 1.18. The average Bonchev–Trinajstić information content (AvgIpc) is 2.98. The van der Waals surface area contributed by atoms with Crippen LogP contribution in [0.4, 0.5) is 13.2 Å². The van der Waals surface area contributed by atoms with E-state index in [1.807, 2.05) is 22.9 Å². The third kappa shape index (κ3) is 11.3. The first-order valence-corrected chi connectivity index (χ1v) is 17.0. The Bertz CT molecular complexity index is 1470. The summed E-state index contributed by atoms with van der Waals surface area (Å²) in [6, 6.07) is 20.9. The largest absolute Gasteiger partial charge is 0.481 e. The Kier molecular flexibility index (Phi) is 13.3. The van der Waals surface area contributed by atoms with Crippen LogP contribution in [-0.2, 0) is 38.6 Å². The van der Waals surface area contributed by atoms with Crippen molar-refractivity contribution in [3.63, 3.8) is 0 Å². The molecule has 0 aliphatic carbocycles. The van der Waals surface area contributed by atoms with Gasteiger partial charge in [0.25, 0.3) is 10.0 Å². The summed E-state index contributed by atoms with van der Waals surface area (Å²) in [6.07, 6.45) is 2.07. The van der Waals surface area contributed by atoms with Gasteiger partial charge in [0.15, 0.2) is 0 Å². The predicted molar refractivity (Wildman–Crippen MR) is 167 cm³/mol. The van der Waals surface area contributed by atoms with Crippen LogP contribution < -0.4 is 4.72 Å². The van der Waals surface area contributed by atoms with E-state index in [1.165, 1.54) is 42.8 Å². The maximum atomic E-state index is 13.7. The number of carboxylic acid groups (broad SMARTS) is 1. The Morgan fingerprint density at radius 3 is 2.00 bits per heavy atom. The highest BCUT2D eigenvalue weighted by Gasteiger charge is 2.33. The van der Waals surface area contributed by atoms with Crippen LogP contribution >= 0.6 is 11.8 Å². The van der Waals surface area contributed by atoms with Gasteiger partial charge in [0.1, 0.15) is 0 Å². The van der Waals surface area contributed by atoms with Crippen LogP contribution in [-0.4, -0.2) is 30.7 Å². The molecule has 0 bridgehead atoms. The number of thioether (sulfide) groups is 1. The molecule has 0 aromatic heterocycles. The van der Waals surface area contributed by atoms with Gasteiger partial charge in [-0.05, 0) is 73.6 Å². The molecule has 11 heteroatoms. The highest BCUT2D eigenvalue weighted by molar-refractivity contribution is 8.01. The molecule has 0 radical (unpaired) electrons. The molecule has 0 aliphatic heterocycles. The first-order valence-electron chi connectivity index (χ1n) is 14.6. The van der Waals surface area contributed by atoms with Crippen molar-refractivity contribution in [3.8, 4) is 0 Å². The zero-order valence-electron chi connectivity index (χ0n) is 24.6. The molecule has 0 saturated carbocycles. The lowest BCUT2D eigenvalue weighted by Crippen LogP contribution is -2.36. The van der Waals surface area contributed by atoms with Crippen molar-refractivity contribution in [3.05, 3.63) is 101 Å². The molecule has 1 amide bonds. The first kappa shape index (κ1) is 35.2. The number of carbonyl (C=O) groups is 2. The second-order valence-electron chi connectivity index (χ2n) is 10.7. The van der Waals surface area contributed by atoms with Gasteiger partial charge in [0, 0.05) is 5.25 Å². The van der Waals surface area contributed by atoms with Gasteiger partial charge in [0.05, 0.1) is 22.1 Å². The van der Waals surface area contributed by atoms with E-state index < -0.39 is 50.6 Å². The minimum atomic E-state index is -4.64. The fourth-order valence-electron chi connectivity index (χ4n) is 4.87. The Labute approximate surface area is 261 Å². The summed E-state index contributed by atoms with van der Waals surface area (Å²) >= 11 is 0.830. The molecule has 0 spiro atoms. The number of carboxylic acids is 1. The number of aryl methyl sites for hydroxylation is 2. The van der Waals surface area contributed by atoms with E-state index in [9.17, 15) is 36.3 Å². The van der Waals surface area contributed by atoms with E-state index in [0.29, 0.717) is 18.4 Å². The van der Waals surface area contributed by atoms with Gasteiger partial charge in [-0.2, -0.15) is 13.2 Å². The molecule has 3 aromatic carbocycles. The number of alkyl halides is 3. The number of nitrogens with one attached hydrogen (secondary N) is 1. The van der Waals surface area contributed by atoms with Crippen LogP contribution in [0.2, 0.25) is 0 Å². The predicted octanol–water partition coefficient (Wildman–Crippen LogP) is 7.97. The molecule has 44 heavy (non-hydrogen) atoms. The number of amides is 1. The van der Waals surface area contributed by atoms with Gasteiger partial charge in [-0.3, -0.25) is 9.59 Å². The van der Waals surface area contributed by atoms with Gasteiger partial charge in [0.2, 0.25) is 5.91 Å². The van der Waals surface area contributed by atoms with Crippen LogP contribution in [0.3, 0.4) is 0 Å². The van der Waals surface area contributed by atoms with Crippen molar-refractivity contribution in [1.29, 1.82) is 0 Å². The van der Waals surface area contributed by atoms with Crippen molar-refractivity contribution in [2.24, 2.45) is 0 Å². The fourth-order valence-corrected chi connectivity index (χ4v) is 7.30. The monoisotopic (exact) mass is 649 g/mol. The lowest BCUT2D eigenvalue weighted by molar-refractivity contribution is -0.137. The zero-order chi connectivity index (χ0) is 32.2. The highest BCUT2D eigenvalue weighted by atomic mass is 32.2.